The Bertz CT molecular complexity index is 410. The SMILES string of the molecule is CCC(N)CSCC(=O)n1oc(C)cc1=O. The summed E-state index contributed by atoms with van der Waals surface area (Å²) in [5.41, 5.74) is 5.29. The van der Waals surface area contributed by atoms with Crippen molar-refractivity contribution < 1.29 is 9.32 Å². The van der Waals surface area contributed by atoms with Crippen LogP contribution in [0.2, 0.25) is 0 Å². The Morgan fingerprint density at radius 2 is 2.38 bits per heavy atom. The molecule has 0 bridgehead atoms. The van der Waals surface area contributed by atoms with Crippen LogP contribution >= 0.6 is 11.8 Å². The molecular weight excluding hydrogens is 228 g/mol. The number of carbonyl (C=O) groups excluding carboxylic acids is 1. The highest BCUT2D eigenvalue weighted by Crippen LogP contribution is 2.05. The van der Waals surface area contributed by atoms with Gasteiger partial charge in [0.1, 0.15) is 5.76 Å². The Morgan fingerprint density at radius 1 is 1.69 bits per heavy atom. The van der Waals surface area contributed by atoms with Crippen molar-refractivity contribution in [3.05, 3.63) is 22.2 Å². The first-order valence-electron chi connectivity index (χ1n) is 5.11. The van der Waals surface area contributed by atoms with Gasteiger partial charge in [-0.25, -0.2) is 0 Å². The zero-order chi connectivity index (χ0) is 12.1. The van der Waals surface area contributed by atoms with Crippen molar-refractivity contribution in [2.24, 2.45) is 5.73 Å². The fourth-order valence-corrected chi connectivity index (χ4v) is 2.04. The molecule has 2 N–H and O–H groups in total. The van der Waals surface area contributed by atoms with Gasteiger partial charge in [0.05, 0.1) is 5.75 Å². The van der Waals surface area contributed by atoms with E-state index in [9.17, 15) is 9.59 Å². The fourth-order valence-electron chi connectivity index (χ4n) is 1.10. The first kappa shape index (κ1) is 13.1. The maximum Gasteiger partial charge on any atom is 0.290 e. The number of nitrogens with two attached hydrogens (primary N) is 1. The minimum Gasteiger partial charge on any atom is -0.373 e. The number of aryl methyl sites for hydroxylation is 1. The molecule has 0 amide bonds. The predicted octanol–water partition coefficient (Wildman–Crippen LogP) is 0.860. The molecule has 0 aliphatic carbocycles. The van der Waals surface area contributed by atoms with E-state index in [0.29, 0.717) is 11.5 Å². The molecule has 1 rings (SSSR count). The maximum atomic E-state index is 11.6. The van der Waals surface area contributed by atoms with Crippen molar-refractivity contribution in [2.75, 3.05) is 11.5 Å². The summed E-state index contributed by atoms with van der Waals surface area (Å²) in [6.45, 7) is 3.62. The van der Waals surface area contributed by atoms with Crippen LogP contribution in [0.5, 0.6) is 0 Å². The molecule has 1 aromatic heterocycles. The second kappa shape index (κ2) is 5.91. The lowest BCUT2D eigenvalue weighted by atomic mass is 10.3. The lowest BCUT2D eigenvalue weighted by Crippen LogP contribution is -2.26. The van der Waals surface area contributed by atoms with Gasteiger partial charge in [-0.3, -0.25) is 9.59 Å². The first-order valence-corrected chi connectivity index (χ1v) is 6.26. The minimum atomic E-state index is -0.414. The molecular formula is C10H16N2O3S. The molecule has 90 valence electrons. The molecule has 0 spiro atoms. The predicted molar refractivity (Wildman–Crippen MR) is 63.9 cm³/mol. The number of aromatic nitrogens is 1. The number of rotatable bonds is 5. The summed E-state index contributed by atoms with van der Waals surface area (Å²) >= 11 is 1.41. The van der Waals surface area contributed by atoms with Gasteiger partial charge < -0.3 is 10.3 Å². The standard InChI is InChI=1S/C10H16N2O3S/c1-3-8(11)5-16-6-10(14)12-9(13)4-7(2)15-12/h4,8H,3,5-6,11H2,1-2H3. The van der Waals surface area contributed by atoms with Crippen LogP contribution in [0.3, 0.4) is 0 Å². The Hall–Kier alpha value is -1.01. The van der Waals surface area contributed by atoms with Crippen molar-refractivity contribution in [3.8, 4) is 0 Å². The molecule has 0 aliphatic heterocycles. The molecule has 1 atom stereocenters. The molecule has 0 radical (unpaired) electrons. The minimum absolute atomic E-state index is 0.0906. The zero-order valence-corrected chi connectivity index (χ0v) is 10.3. The third kappa shape index (κ3) is 3.53. The second-order valence-electron chi connectivity index (χ2n) is 3.56. The molecule has 0 fully saturated rings. The van der Waals surface area contributed by atoms with Gasteiger partial charge >= 0.3 is 0 Å². The average Bonchev–Trinajstić information content (AvgIpc) is 2.57. The summed E-state index contributed by atoms with van der Waals surface area (Å²) in [7, 11) is 0. The number of nitrogens with zero attached hydrogens (tertiary/aromatic N) is 1. The summed E-state index contributed by atoms with van der Waals surface area (Å²) in [5, 5.41) is 0. The Kier molecular flexibility index (Phi) is 4.82. The third-order valence-corrected chi connectivity index (χ3v) is 3.19. The second-order valence-corrected chi connectivity index (χ2v) is 4.59. The summed E-state index contributed by atoms with van der Waals surface area (Å²) in [6, 6.07) is 1.38. The van der Waals surface area contributed by atoms with E-state index in [1.165, 1.54) is 17.8 Å². The van der Waals surface area contributed by atoms with Gasteiger partial charge in [0.2, 0.25) is 0 Å². The molecule has 0 aromatic carbocycles. The van der Waals surface area contributed by atoms with Crippen molar-refractivity contribution >= 4 is 17.7 Å². The van der Waals surface area contributed by atoms with E-state index in [-0.39, 0.29) is 17.7 Å². The van der Waals surface area contributed by atoms with Crippen molar-refractivity contribution in [2.45, 2.75) is 26.3 Å². The highest BCUT2D eigenvalue weighted by atomic mass is 32.2. The lowest BCUT2D eigenvalue weighted by Gasteiger charge is -2.06. The van der Waals surface area contributed by atoms with Gasteiger partial charge in [-0.2, -0.15) is 11.8 Å². The third-order valence-electron chi connectivity index (χ3n) is 2.07. The molecule has 1 aromatic rings. The van der Waals surface area contributed by atoms with Crippen molar-refractivity contribution in [1.29, 1.82) is 0 Å². The smallest absolute Gasteiger partial charge is 0.290 e. The van der Waals surface area contributed by atoms with Crippen LogP contribution in [0.15, 0.2) is 15.4 Å². The van der Waals surface area contributed by atoms with Crippen LogP contribution in [0, 0.1) is 6.92 Å². The van der Waals surface area contributed by atoms with Gasteiger partial charge in [-0.05, 0) is 13.3 Å². The normalized spacial score (nSPS) is 12.7. The average molecular weight is 244 g/mol. The molecule has 0 saturated heterocycles. The summed E-state index contributed by atoms with van der Waals surface area (Å²) in [6.07, 6.45) is 0.876. The molecule has 1 unspecified atom stereocenters. The van der Waals surface area contributed by atoms with Crippen LogP contribution < -0.4 is 11.3 Å². The van der Waals surface area contributed by atoms with Gasteiger partial charge in [0.15, 0.2) is 0 Å². The fraction of sp³-hybridized carbons (Fsp3) is 0.600. The molecule has 1 heterocycles. The highest BCUT2D eigenvalue weighted by molar-refractivity contribution is 8.00. The van der Waals surface area contributed by atoms with Gasteiger partial charge in [-0.15, -0.1) is 4.74 Å². The molecule has 0 aliphatic rings. The van der Waals surface area contributed by atoms with Crippen molar-refractivity contribution in [1.82, 2.24) is 4.74 Å². The highest BCUT2D eigenvalue weighted by Gasteiger charge is 2.12. The Balaban J connectivity index is 2.47. The summed E-state index contributed by atoms with van der Waals surface area (Å²) in [4.78, 5) is 22.8. The number of carbonyl (C=O) groups is 1. The van der Waals surface area contributed by atoms with E-state index in [2.05, 4.69) is 0 Å². The number of thioether (sulfide) groups is 1. The van der Waals surface area contributed by atoms with Gasteiger partial charge in [-0.1, -0.05) is 6.92 Å². The Morgan fingerprint density at radius 3 is 2.88 bits per heavy atom. The van der Waals surface area contributed by atoms with Crippen LogP contribution in [0.25, 0.3) is 0 Å². The lowest BCUT2D eigenvalue weighted by molar-refractivity contribution is 0.0813. The van der Waals surface area contributed by atoms with Crippen molar-refractivity contribution in [3.63, 3.8) is 0 Å². The Labute approximate surface area is 97.9 Å². The van der Waals surface area contributed by atoms with E-state index in [4.69, 9.17) is 10.3 Å². The molecule has 6 heteroatoms. The van der Waals surface area contributed by atoms with Crippen LogP contribution in [0.4, 0.5) is 0 Å². The largest absolute Gasteiger partial charge is 0.373 e. The topological polar surface area (TPSA) is 78.2 Å². The van der Waals surface area contributed by atoms with Crippen LogP contribution in [-0.4, -0.2) is 28.2 Å². The quantitative estimate of drug-likeness (QED) is 0.831. The van der Waals surface area contributed by atoms with E-state index in [0.717, 1.165) is 11.2 Å². The number of hydrogen-bond acceptors (Lipinski definition) is 5. The zero-order valence-electron chi connectivity index (χ0n) is 9.43. The van der Waals surface area contributed by atoms with E-state index >= 15 is 0 Å². The van der Waals surface area contributed by atoms with Crippen LogP contribution in [0.1, 0.15) is 23.9 Å². The van der Waals surface area contributed by atoms with E-state index in [1.54, 1.807) is 6.92 Å². The van der Waals surface area contributed by atoms with E-state index in [1.807, 2.05) is 6.92 Å². The molecule has 16 heavy (non-hydrogen) atoms. The summed E-state index contributed by atoms with van der Waals surface area (Å²) in [5.74, 6) is 1.01. The maximum absolute atomic E-state index is 11.6. The number of hydrogen-bond donors (Lipinski definition) is 1. The van der Waals surface area contributed by atoms with Crippen LogP contribution in [-0.2, 0) is 0 Å². The first-order chi connectivity index (χ1) is 7.54. The van der Waals surface area contributed by atoms with Gasteiger partial charge in [0.25, 0.3) is 11.5 Å². The monoisotopic (exact) mass is 244 g/mol. The molecule has 0 saturated carbocycles. The van der Waals surface area contributed by atoms with E-state index < -0.39 is 5.56 Å². The summed E-state index contributed by atoms with van der Waals surface area (Å²) < 4.78 is 5.76. The van der Waals surface area contributed by atoms with Gasteiger partial charge in [0, 0.05) is 17.9 Å². The molecule has 5 nitrogen and oxygen atoms in total.